The first kappa shape index (κ1) is 19.1. The number of ether oxygens (including phenoxy) is 1. The van der Waals surface area contributed by atoms with Crippen LogP contribution in [0.4, 0.5) is 8.78 Å². The minimum absolute atomic E-state index is 0.0411. The maximum Gasteiger partial charge on any atom is 0.241 e. The maximum atomic E-state index is 13.7. The largest absolute Gasteiger partial charge is 0.376 e. The van der Waals surface area contributed by atoms with Gasteiger partial charge in [0.25, 0.3) is 0 Å². The number of nitrogens with one attached hydrogen (secondary N) is 2. The Morgan fingerprint density at radius 3 is 2.84 bits per heavy atom. The summed E-state index contributed by atoms with van der Waals surface area (Å²) in [5.74, 6) is -0.804. The van der Waals surface area contributed by atoms with Gasteiger partial charge in [-0.15, -0.1) is 0 Å². The maximum absolute atomic E-state index is 13.7. The first-order valence-corrected chi connectivity index (χ1v) is 8.23. The fraction of sp³-hybridized carbons (Fsp3) is 0.529. The number of carbonyl (C=O) groups excluding carboxylic acids is 1. The van der Waals surface area contributed by atoms with Crippen LogP contribution in [0, 0.1) is 11.6 Å². The van der Waals surface area contributed by atoms with Crippen molar-refractivity contribution in [3.63, 3.8) is 0 Å². The predicted octanol–water partition coefficient (Wildman–Crippen LogP) is 1.27. The first-order valence-electron chi connectivity index (χ1n) is 8.23. The summed E-state index contributed by atoms with van der Waals surface area (Å²) < 4.78 is 32.5. The molecule has 2 rings (SSSR count). The third kappa shape index (κ3) is 6.30. The fourth-order valence-electron chi connectivity index (χ4n) is 2.34. The Labute approximate surface area is 146 Å². The van der Waals surface area contributed by atoms with Crippen LogP contribution in [0.1, 0.15) is 18.4 Å². The van der Waals surface area contributed by atoms with E-state index in [2.05, 4.69) is 15.6 Å². The van der Waals surface area contributed by atoms with Crippen molar-refractivity contribution in [2.45, 2.75) is 25.5 Å². The monoisotopic (exact) mass is 354 g/mol. The van der Waals surface area contributed by atoms with Crippen molar-refractivity contribution in [1.29, 1.82) is 0 Å². The summed E-state index contributed by atoms with van der Waals surface area (Å²) in [5, 5.41) is 5.99. The van der Waals surface area contributed by atoms with Crippen LogP contribution in [0.2, 0.25) is 0 Å². The van der Waals surface area contributed by atoms with Gasteiger partial charge >= 0.3 is 0 Å². The number of aliphatic imine (C=N–C) groups is 1. The lowest BCUT2D eigenvalue weighted by atomic mass is 10.2. The molecule has 8 heteroatoms. The van der Waals surface area contributed by atoms with Crippen molar-refractivity contribution in [3.05, 3.63) is 35.4 Å². The van der Waals surface area contributed by atoms with Gasteiger partial charge in [-0.05, 0) is 31.0 Å². The highest BCUT2D eigenvalue weighted by molar-refractivity contribution is 5.86. The highest BCUT2D eigenvalue weighted by atomic mass is 19.1. The van der Waals surface area contributed by atoms with Crippen LogP contribution in [0.5, 0.6) is 0 Å². The van der Waals surface area contributed by atoms with Gasteiger partial charge in [0.2, 0.25) is 5.91 Å². The van der Waals surface area contributed by atoms with Gasteiger partial charge in [-0.3, -0.25) is 4.79 Å². The van der Waals surface area contributed by atoms with Crippen LogP contribution in [0.25, 0.3) is 0 Å². The summed E-state index contributed by atoms with van der Waals surface area (Å²) in [4.78, 5) is 17.4. The second kappa shape index (κ2) is 9.31. The normalized spacial score (nSPS) is 17.4. The Kier molecular flexibility index (Phi) is 7.12. The van der Waals surface area contributed by atoms with Gasteiger partial charge in [-0.25, -0.2) is 13.8 Å². The third-order valence-electron chi connectivity index (χ3n) is 3.84. The van der Waals surface area contributed by atoms with Crippen LogP contribution in [0.3, 0.4) is 0 Å². The van der Waals surface area contributed by atoms with Crippen LogP contribution >= 0.6 is 0 Å². The second-order valence-electron chi connectivity index (χ2n) is 6.06. The van der Waals surface area contributed by atoms with Crippen molar-refractivity contribution in [2.75, 3.05) is 33.8 Å². The molecule has 1 amide bonds. The van der Waals surface area contributed by atoms with E-state index in [9.17, 15) is 13.6 Å². The lowest BCUT2D eigenvalue weighted by Gasteiger charge is -2.17. The van der Waals surface area contributed by atoms with E-state index in [0.717, 1.165) is 37.6 Å². The Morgan fingerprint density at radius 1 is 1.36 bits per heavy atom. The van der Waals surface area contributed by atoms with Crippen molar-refractivity contribution in [2.24, 2.45) is 4.99 Å². The van der Waals surface area contributed by atoms with Gasteiger partial charge in [0, 0.05) is 32.8 Å². The Hall–Kier alpha value is -2.22. The molecule has 2 N–H and O–H groups in total. The van der Waals surface area contributed by atoms with Crippen LogP contribution in [-0.2, 0) is 16.1 Å². The number of amides is 1. The zero-order chi connectivity index (χ0) is 18.2. The summed E-state index contributed by atoms with van der Waals surface area (Å²) in [5.41, 5.74) is 0.150. The molecule has 1 unspecified atom stereocenters. The average Bonchev–Trinajstić information content (AvgIpc) is 3.10. The van der Waals surface area contributed by atoms with Gasteiger partial charge < -0.3 is 20.3 Å². The number of nitrogens with zero attached hydrogens (tertiary/aromatic N) is 2. The Bertz CT molecular complexity index is 617. The molecule has 0 aliphatic carbocycles. The predicted molar refractivity (Wildman–Crippen MR) is 91.2 cm³/mol. The Balaban J connectivity index is 2.00. The van der Waals surface area contributed by atoms with Gasteiger partial charge in [-0.1, -0.05) is 0 Å². The molecular weight excluding hydrogens is 330 g/mol. The molecule has 0 bridgehead atoms. The smallest absolute Gasteiger partial charge is 0.241 e. The molecule has 1 saturated heterocycles. The summed E-state index contributed by atoms with van der Waals surface area (Å²) >= 11 is 0. The molecule has 0 radical (unpaired) electrons. The second-order valence-corrected chi connectivity index (χ2v) is 6.06. The number of likely N-dealkylation sites (N-methyl/N-ethyl adjacent to an activating group) is 1. The molecule has 6 nitrogen and oxygen atoms in total. The molecule has 138 valence electrons. The number of guanidine groups is 1. The van der Waals surface area contributed by atoms with Gasteiger partial charge in [0.15, 0.2) is 5.96 Å². The van der Waals surface area contributed by atoms with Crippen LogP contribution < -0.4 is 10.6 Å². The van der Waals surface area contributed by atoms with Crippen molar-refractivity contribution in [1.82, 2.24) is 15.5 Å². The molecule has 1 aliphatic rings. The van der Waals surface area contributed by atoms with E-state index in [0.29, 0.717) is 12.5 Å². The zero-order valence-electron chi connectivity index (χ0n) is 14.5. The molecule has 1 heterocycles. The van der Waals surface area contributed by atoms with Crippen molar-refractivity contribution >= 4 is 11.9 Å². The van der Waals surface area contributed by atoms with Crippen LogP contribution in [-0.4, -0.2) is 56.7 Å². The number of hydrogen-bond donors (Lipinski definition) is 2. The van der Waals surface area contributed by atoms with E-state index in [1.807, 2.05) is 0 Å². The molecule has 1 aromatic rings. The summed E-state index contributed by atoms with van der Waals surface area (Å²) in [6.07, 6.45) is 2.05. The number of hydrogen-bond acceptors (Lipinski definition) is 3. The SMILES string of the molecule is CN(C)C(=O)CNC(=NCc1cc(F)ccc1F)NCC1CCCO1. The zero-order valence-corrected chi connectivity index (χ0v) is 14.5. The van der Waals surface area contributed by atoms with Crippen molar-refractivity contribution < 1.29 is 18.3 Å². The molecular formula is C17H24F2N4O2. The fourth-order valence-corrected chi connectivity index (χ4v) is 2.34. The lowest BCUT2D eigenvalue weighted by Crippen LogP contribution is -2.45. The van der Waals surface area contributed by atoms with E-state index in [-0.39, 0.29) is 30.7 Å². The highest BCUT2D eigenvalue weighted by Gasteiger charge is 2.16. The minimum atomic E-state index is -0.520. The number of carbonyl (C=O) groups is 1. The molecule has 0 saturated carbocycles. The minimum Gasteiger partial charge on any atom is -0.376 e. The molecule has 1 fully saturated rings. The first-order chi connectivity index (χ1) is 12.0. The van der Waals surface area contributed by atoms with Gasteiger partial charge in [0.1, 0.15) is 11.6 Å². The van der Waals surface area contributed by atoms with E-state index in [1.165, 1.54) is 4.90 Å². The van der Waals surface area contributed by atoms with E-state index >= 15 is 0 Å². The summed E-state index contributed by atoms with van der Waals surface area (Å²) in [6.45, 7) is 1.28. The summed E-state index contributed by atoms with van der Waals surface area (Å²) in [7, 11) is 3.31. The lowest BCUT2D eigenvalue weighted by molar-refractivity contribution is -0.127. The molecule has 1 aromatic carbocycles. The summed E-state index contributed by atoms with van der Waals surface area (Å²) in [6, 6.07) is 3.25. The van der Waals surface area contributed by atoms with Gasteiger partial charge in [0.05, 0.1) is 19.2 Å². The quantitative estimate of drug-likeness (QED) is 0.596. The molecule has 25 heavy (non-hydrogen) atoms. The molecule has 0 spiro atoms. The number of benzene rings is 1. The molecule has 0 aromatic heterocycles. The molecule has 1 aliphatic heterocycles. The van der Waals surface area contributed by atoms with Gasteiger partial charge in [-0.2, -0.15) is 0 Å². The van der Waals surface area contributed by atoms with E-state index < -0.39 is 11.6 Å². The molecule has 1 atom stereocenters. The standard InChI is InChI=1S/C17H24F2N4O2/c1-23(2)16(24)11-22-17(21-10-14-4-3-7-25-14)20-9-12-8-13(18)5-6-15(12)19/h5-6,8,14H,3-4,7,9-11H2,1-2H3,(H2,20,21,22). The highest BCUT2D eigenvalue weighted by Crippen LogP contribution is 2.12. The number of halogens is 2. The Morgan fingerprint density at radius 2 is 2.16 bits per heavy atom. The average molecular weight is 354 g/mol. The van der Waals surface area contributed by atoms with E-state index in [4.69, 9.17) is 4.74 Å². The van der Waals surface area contributed by atoms with Crippen LogP contribution in [0.15, 0.2) is 23.2 Å². The third-order valence-corrected chi connectivity index (χ3v) is 3.84. The van der Waals surface area contributed by atoms with Crippen molar-refractivity contribution in [3.8, 4) is 0 Å². The number of rotatable bonds is 6. The topological polar surface area (TPSA) is 66.0 Å². The van der Waals surface area contributed by atoms with E-state index in [1.54, 1.807) is 14.1 Å².